The highest BCUT2D eigenvalue weighted by atomic mass is 32.2. The molecular formula is C11H13NOS. The Balaban J connectivity index is 2.60. The van der Waals surface area contributed by atoms with Crippen molar-refractivity contribution < 1.29 is 4.42 Å². The highest BCUT2D eigenvalue weighted by molar-refractivity contribution is 7.97. The quantitative estimate of drug-likeness (QED) is 0.841. The van der Waals surface area contributed by atoms with E-state index in [-0.39, 0.29) is 0 Å². The SMILES string of the molecule is CSCc1oc2ccccc2c1CN. The Hall–Kier alpha value is -0.930. The molecule has 2 N–H and O–H groups in total. The van der Waals surface area contributed by atoms with E-state index in [1.807, 2.05) is 18.2 Å². The molecule has 0 radical (unpaired) electrons. The van der Waals surface area contributed by atoms with Crippen LogP contribution in [0, 0.1) is 0 Å². The Morgan fingerprint density at radius 3 is 2.86 bits per heavy atom. The second-order valence-electron chi connectivity index (χ2n) is 3.14. The lowest BCUT2D eigenvalue weighted by Gasteiger charge is -1.96. The molecule has 0 saturated heterocycles. The summed E-state index contributed by atoms with van der Waals surface area (Å²) in [7, 11) is 0. The molecule has 1 aromatic heterocycles. The molecule has 0 spiro atoms. The van der Waals surface area contributed by atoms with Crippen LogP contribution in [0.1, 0.15) is 11.3 Å². The first-order valence-corrected chi connectivity index (χ1v) is 5.94. The van der Waals surface area contributed by atoms with Crippen molar-refractivity contribution in [3.8, 4) is 0 Å². The van der Waals surface area contributed by atoms with Crippen molar-refractivity contribution in [3.05, 3.63) is 35.6 Å². The van der Waals surface area contributed by atoms with E-state index in [0.717, 1.165) is 28.0 Å². The van der Waals surface area contributed by atoms with Crippen molar-refractivity contribution in [1.29, 1.82) is 0 Å². The van der Waals surface area contributed by atoms with E-state index in [9.17, 15) is 0 Å². The summed E-state index contributed by atoms with van der Waals surface area (Å²) in [5, 5.41) is 1.15. The number of hydrogen-bond acceptors (Lipinski definition) is 3. The number of para-hydroxylation sites is 1. The first-order valence-electron chi connectivity index (χ1n) is 4.55. The fraction of sp³-hybridized carbons (Fsp3) is 0.273. The molecule has 0 fully saturated rings. The third-order valence-corrected chi connectivity index (χ3v) is 2.81. The number of fused-ring (bicyclic) bond motifs is 1. The Morgan fingerprint density at radius 2 is 2.14 bits per heavy atom. The molecule has 0 bridgehead atoms. The van der Waals surface area contributed by atoms with Gasteiger partial charge in [-0.1, -0.05) is 18.2 Å². The molecule has 2 nitrogen and oxygen atoms in total. The Labute approximate surface area is 87.5 Å². The Bertz CT molecular complexity index is 436. The Morgan fingerprint density at radius 1 is 1.36 bits per heavy atom. The molecule has 14 heavy (non-hydrogen) atoms. The number of hydrogen-bond donors (Lipinski definition) is 1. The third-order valence-electron chi connectivity index (χ3n) is 2.26. The van der Waals surface area contributed by atoms with Gasteiger partial charge in [-0.25, -0.2) is 0 Å². The number of rotatable bonds is 3. The van der Waals surface area contributed by atoms with Crippen molar-refractivity contribution in [3.63, 3.8) is 0 Å². The largest absolute Gasteiger partial charge is 0.460 e. The lowest BCUT2D eigenvalue weighted by atomic mass is 10.1. The summed E-state index contributed by atoms with van der Waals surface area (Å²) in [5.74, 6) is 1.91. The molecule has 0 saturated carbocycles. The molecular weight excluding hydrogens is 194 g/mol. The summed E-state index contributed by atoms with van der Waals surface area (Å²) in [5.41, 5.74) is 7.81. The summed E-state index contributed by atoms with van der Waals surface area (Å²) in [6.07, 6.45) is 2.06. The van der Waals surface area contributed by atoms with Crippen LogP contribution in [-0.4, -0.2) is 6.26 Å². The van der Waals surface area contributed by atoms with Crippen molar-refractivity contribution in [2.75, 3.05) is 6.26 Å². The van der Waals surface area contributed by atoms with Crippen LogP contribution >= 0.6 is 11.8 Å². The zero-order valence-corrected chi connectivity index (χ0v) is 8.93. The molecule has 0 aliphatic rings. The van der Waals surface area contributed by atoms with Gasteiger partial charge in [0.25, 0.3) is 0 Å². The van der Waals surface area contributed by atoms with E-state index in [1.165, 1.54) is 0 Å². The van der Waals surface area contributed by atoms with Gasteiger partial charge in [0.2, 0.25) is 0 Å². The van der Waals surface area contributed by atoms with E-state index in [2.05, 4.69) is 12.3 Å². The highest BCUT2D eigenvalue weighted by Crippen LogP contribution is 2.27. The second-order valence-corrected chi connectivity index (χ2v) is 4.00. The zero-order valence-electron chi connectivity index (χ0n) is 8.12. The van der Waals surface area contributed by atoms with Gasteiger partial charge < -0.3 is 10.2 Å². The van der Waals surface area contributed by atoms with Crippen LogP contribution in [0.25, 0.3) is 11.0 Å². The van der Waals surface area contributed by atoms with Gasteiger partial charge >= 0.3 is 0 Å². The Kier molecular flexibility index (Phi) is 2.79. The first-order chi connectivity index (χ1) is 6.86. The summed E-state index contributed by atoms with van der Waals surface area (Å²) in [4.78, 5) is 0. The minimum absolute atomic E-state index is 0.549. The molecule has 0 aliphatic heterocycles. The summed E-state index contributed by atoms with van der Waals surface area (Å²) >= 11 is 1.75. The maximum atomic E-state index is 5.73. The molecule has 2 rings (SSSR count). The van der Waals surface area contributed by atoms with Crippen molar-refractivity contribution >= 4 is 22.7 Å². The van der Waals surface area contributed by atoms with Crippen molar-refractivity contribution in [1.82, 2.24) is 0 Å². The first kappa shape index (κ1) is 9.62. The topological polar surface area (TPSA) is 39.2 Å². The van der Waals surface area contributed by atoms with E-state index in [1.54, 1.807) is 11.8 Å². The van der Waals surface area contributed by atoms with Crippen LogP contribution in [0.3, 0.4) is 0 Å². The molecule has 2 aromatic rings. The predicted octanol–water partition coefficient (Wildman–Crippen LogP) is 2.75. The lowest BCUT2D eigenvalue weighted by molar-refractivity contribution is 0.568. The molecule has 1 aromatic carbocycles. The van der Waals surface area contributed by atoms with E-state index in [0.29, 0.717) is 6.54 Å². The van der Waals surface area contributed by atoms with Gasteiger partial charge in [0.15, 0.2) is 0 Å². The minimum atomic E-state index is 0.549. The smallest absolute Gasteiger partial charge is 0.134 e. The zero-order chi connectivity index (χ0) is 9.97. The molecule has 1 heterocycles. The second kappa shape index (κ2) is 4.07. The standard InChI is InChI=1S/C11H13NOS/c1-14-7-11-9(6-12)8-4-2-3-5-10(8)13-11/h2-5H,6-7,12H2,1H3. The molecule has 0 atom stereocenters. The predicted molar refractivity (Wildman–Crippen MR) is 61.3 cm³/mol. The van der Waals surface area contributed by atoms with Crippen LogP contribution in [-0.2, 0) is 12.3 Å². The number of thioether (sulfide) groups is 1. The van der Waals surface area contributed by atoms with Crippen LogP contribution in [0.4, 0.5) is 0 Å². The van der Waals surface area contributed by atoms with Crippen molar-refractivity contribution in [2.45, 2.75) is 12.3 Å². The molecule has 0 aliphatic carbocycles. The summed E-state index contributed by atoms with van der Waals surface area (Å²) in [6, 6.07) is 8.04. The van der Waals surface area contributed by atoms with Crippen LogP contribution in [0.5, 0.6) is 0 Å². The van der Waals surface area contributed by atoms with E-state index in [4.69, 9.17) is 10.2 Å². The van der Waals surface area contributed by atoms with Gasteiger partial charge in [-0.15, -0.1) is 0 Å². The highest BCUT2D eigenvalue weighted by Gasteiger charge is 2.10. The third kappa shape index (κ3) is 1.53. The number of furan rings is 1. The van der Waals surface area contributed by atoms with E-state index >= 15 is 0 Å². The van der Waals surface area contributed by atoms with Crippen LogP contribution in [0.15, 0.2) is 28.7 Å². The van der Waals surface area contributed by atoms with Crippen LogP contribution < -0.4 is 5.73 Å². The van der Waals surface area contributed by atoms with Gasteiger partial charge in [-0.3, -0.25) is 0 Å². The van der Waals surface area contributed by atoms with Gasteiger partial charge in [-0.2, -0.15) is 11.8 Å². The monoisotopic (exact) mass is 207 g/mol. The van der Waals surface area contributed by atoms with Crippen molar-refractivity contribution in [2.24, 2.45) is 5.73 Å². The number of nitrogens with two attached hydrogens (primary N) is 1. The maximum Gasteiger partial charge on any atom is 0.134 e. The van der Waals surface area contributed by atoms with Gasteiger partial charge in [0, 0.05) is 17.5 Å². The fourth-order valence-corrected chi connectivity index (χ4v) is 2.12. The van der Waals surface area contributed by atoms with Gasteiger partial charge in [0.05, 0.1) is 5.75 Å². The average Bonchev–Trinajstić information content (AvgIpc) is 2.55. The maximum absolute atomic E-state index is 5.73. The van der Waals surface area contributed by atoms with Crippen LogP contribution in [0.2, 0.25) is 0 Å². The molecule has 0 unspecified atom stereocenters. The number of benzene rings is 1. The van der Waals surface area contributed by atoms with Gasteiger partial charge in [-0.05, 0) is 12.3 Å². The fourth-order valence-electron chi connectivity index (χ4n) is 1.62. The summed E-state index contributed by atoms with van der Waals surface area (Å²) in [6.45, 7) is 0.549. The lowest BCUT2D eigenvalue weighted by Crippen LogP contribution is -1.97. The normalized spacial score (nSPS) is 11.0. The summed E-state index contributed by atoms with van der Waals surface area (Å²) < 4.78 is 5.73. The minimum Gasteiger partial charge on any atom is -0.460 e. The molecule has 0 amide bonds. The average molecular weight is 207 g/mol. The van der Waals surface area contributed by atoms with E-state index < -0.39 is 0 Å². The van der Waals surface area contributed by atoms with Gasteiger partial charge in [0.1, 0.15) is 11.3 Å². The molecule has 3 heteroatoms. The molecule has 74 valence electrons.